The van der Waals surface area contributed by atoms with E-state index in [4.69, 9.17) is 18.6 Å². The summed E-state index contributed by atoms with van der Waals surface area (Å²) in [5, 5.41) is 4.48. The molecule has 1 amide bonds. The molecule has 0 aliphatic heterocycles. The average Bonchev–Trinajstić information content (AvgIpc) is 3.27. The highest BCUT2D eigenvalue weighted by Gasteiger charge is 2.23. The highest BCUT2D eigenvalue weighted by atomic mass is 16.5. The largest absolute Gasteiger partial charge is 0.496 e. The van der Waals surface area contributed by atoms with Crippen LogP contribution in [0.5, 0.6) is 11.5 Å². The molecule has 8 nitrogen and oxygen atoms in total. The van der Waals surface area contributed by atoms with Crippen LogP contribution in [0.4, 0.5) is 0 Å². The summed E-state index contributed by atoms with van der Waals surface area (Å²) in [4.78, 5) is 25.0. The van der Waals surface area contributed by atoms with E-state index in [1.807, 2.05) is 48.5 Å². The third-order valence-corrected chi connectivity index (χ3v) is 5.08. The Morgan fingerprint density at radius 1 is 1.03 bits per heavy atom. The van der Waals surface area contributed by atoms with Crippen LogP contribution >= 0.6 is 0 Å². The lowest BCUT2D eigenvalue weighted by atomic mass is 10.1. The number of ether oxygens (including phenoxy) is 3. The van der Waals surface area contributed by atoms with E-state index in [2.05, 4.69) is 10.5 Å². The van der Waals surface area contributed by atoms with Crippen molar-refractivity contribution >= 4 is 29.1 Å². The summed E-state index contributed by atoms with van der Waals surface area (Å²) in [5.74, 6) is 0.513. The molecule has 0 saturated carbocycles. The maximum atomic E-state index is 12.8. The number of nitrogens with zero attached hydrogens (tertiary/aromatic N) is 1. The van der Waals surface area contributed by atoms with Crippen molar-refractivity contribution in [3.05, 3.63) is 83.9 Å². The molecule has 0 aliphatic rings. The van der Waals surface area contributed by atoms with E-state index in [1.54, 1.807) is 38.3 Å². The number of esters is 1. The van der Waals surface area contributed by atoms with Crippen molar-refractivity contribution in [2.75, 3.05) is 20.3 Å². The highest BCUT2D eigenvalue weighted by Crippen LogP contribution is 2.36. The Balaban J connectivity index is 1.50. The first-order chi connectivity index (χ1) is 17.1. The number of hydrogen-bond donors (Lipinski definition) is 1. The first-order valence-electron chi connectivity index (χ1n) is 11.0. The van der Waals surface area contributed by atoms with Gasteiger partial charge in [-0.15, -0.1) is 0 Å². The predicted octanol–water partition coefficient (Wildman–Crippen LogP) is 4.81. The first kappa shape index (κ1) is 23.6. The zero-order chi connectivity index (χ0) is 24.6. The number of para-hydroxylation sites is 1. The van der Waals surface area contributed by atoms with Gasteiger partial charge in [0.2, 0.25) is 0 Å². The monoisotopic (exact) mass is 472 g/mol. The second-order valence-electron chi connectivity index (χ2n) is 7.37. The fourth-order valence-corrected chi connectivity index (χ4v) is 3.49. The van der Waals surface area contributed by atoms with Gasteiger partial charge in [0.1, 0.15) is 28.4 Å². The summed E-state index contributed by atoms with van der Waals surface area (Å²) in [7, 11) is 1.56. The Labute approximate surface area is 202 Å². The van der Waals surface area contributed by atoms with Crippen LogP contribution < -0.4 is 14.9 Å². The van der Waals surface area contributed by atoms with Gasteiger partial charge in [0.25, 0.3) is 5.91 Å². The fraction of sp³-hybridized carbons (Fsp3) is 0.148. The third kappa shape index (κ3) is 5.50. The molecule has 0 atom stereocenters. The Bertz CT molecular complexity index is 1360. The number of methoxy groups -OCH3 is 1. The normalized spacial score (nSPS) is 10.9. The van der Waals surface area contributed by atoms with Crippen LogP contribution in [0, 0.1) is 0 Å². The maximum absolute atomic E-state index is 12.8. The van der Waals surface area contributed by atoms with Crippen LogP contribution in [0.25, 0.3) is 22.3 Å². The summed E-state index contributed by atoms with van der Waals surface area (Å²) in [6.07, 6.45) is 1.49. The van der Waals surface area contributed by atoms with E-state index >= 15 is 0 Å². The minimum Gasteiger partial charge on any atom is -0.496 e. The van der Waals surface area contributed by atoms with E-state index in [0.29, 0.717) is 33.8 Å². The topological polar surface area (TPSA) is 99.4 Å². The molecule has 4 aromatic rings. The van der Waals surface area contributed by atoms with Crippen LogP contribution in [0.1, 0.15) is 22.8 Å². The molecule has 0 unspecified atom stereocenters. The number of hydrazone groups is 1. The molecule has 1 heterocycles. The molecule has 178 valence electrons. The SMILES string of the molecule is CCOC(=O)c1c(-c2ccccc2)oc2ccc(OCC(=O)N/N=C/c3ccccc3OC)cc12. The Morgan fingerprint density at radius 3 is 2.57 bits per heavy atom. The number of carbonyl (C=O) groups excluding carboxylic acids is 2. The van der Waals surface area contributed by atoms with Crippen molar-refractivity contribution in [3.8, 4) is 22.8 Å². The van der Waals surface area contributed by atoms with Crippen molar-refractivity contribution in [1.82, 2.24) is 5.43 Å². The number of rotatable bonds is 9. The van der Waals surface area contributed by atoms with Crippen LogP contribution in [-0.2, 0) is 9.53 Å². The number of carbonyl (C=O) groups is 2. The van der Waals surface area contributed by atoms with E-state index < -0.39 is 11.9 Å². The van der Waals surface area contributed by atoms with Crippen molar-refractivity contribution in [1.29, 1.82) is 0 Å². The van der Waals surface area contributed by atoms with Crippen LogP contribution in [-0.4, -0.2) is 38.4 Å². The molecule has 0 aliphatic carbocycles. The lowest BCUT2D eigenvalue weighted by molar-refractivity contribution is -0.123. The van der Waals surface area contributed by atoms with Crippen LogP contribution in [0.3, 0.4) is 0 Å². The zero-order valence-electron chi connectivity index (χ0n) is 19.3. The van der Waals surface area contributed by atoms with Crippen LogP contribution in [0.15, 0.2) is 82.3 Å². The minimum atomic E-state index is -0.495. The quantitative estimate of drug-likeness (QED) is 0.213. The van der Waals surface area contributed by atoms with E-state index in [9.17, 15) is 9.59 Å². The molecule has 0 fully saturated rings. The molecule has 1 N–H and O–H groups in total. The molecule has 0 radical (unpaired) electrons. The second kappa shape index (κ2) is 11.0. The highest BCUT2D eigenvalue weighted by molar-refractivity contribution is 6.09. The van der Waals surface area contributed by atoms with Gasteiger partial charge in [0.15, 0.2) is 6.61 Å². The maximum Gasteiger partial charge on any atom is 0.342 e. The standard InChI is InChI=1S/C27H24N2O6/c1-3-33-27(31)25-21-15-20(13-14-23(21)35-26(25)18-9-5-4-6-10-18)34-17-24(30)29-28-16-19-11-7-8-12-22(19)32-2/h4-16H,3,17H2,1-2H3,(H,29,30)/b28-16+. The van der Waals surface area contributed by atoms with E-state index in [0.717, 1.165) is 11.1 Å². The molecule has 1 aromatic heterocycles. The number of amides is 1. The minimum absolute atomic E-state index is 0.228. The van der Waals surface area contributed by atoms with Crippen molar-refractivity contribution < 1.29 is 28.2 Å². The summed E-state index contributed by atoms with van der Waals surface area (Å²) in [5.41, 5.74) is 4.71. The lowest BCUT2D eigenvalue weighted by Crippen LogP contribution is -2.24. The number of fused-ring (bicyclic) bond motifs is 1. The van der Waals surface area contributed by atoms with Gasteiger partial charge in [-0.3, -0.25) is 4.79 Å². The Kier molecular flexibility index (Phi) is 7.42. The first-order valence-corrected chi connectivity index (χ1v) is 11.0. The summed E-state index contributed by atoms with van der Waals surface area (Å²) in [6, 6.07) is 21.6. The smallest absolute Gasteiger partial charge is 0.342 e. The summed E-state index contributed by atoms with van der Waals surface area (Å²) >= 11 is 0. The molecule has 0 saturated heterocycles. The molecule has 3 aromatic carbocycles. The number of nitrogens with one attached hydrogen (secondary N) is 1. The van der Waals surface area contributed by atoms with Gasteiger partial charge in [-0.1, -0.05) is 42.5 Å². The summed E-state index contributed by atoms with van der Waals surface area (Å²) in [6.45, 7) is 1.70. The average molecular weight is 472 g/mol. The Morgan fingerprint density at radius 2 is 1.80 bits per heavy atom. The number of hydrogen-bond acceptors (Lipinski definition) is 7. The van der Waals surface area contributed by atoms with Gasteiger partial charge >= 0.3 is 5.97 Å². The molecule has 4 rings (SSSR count). The molecule has 0 bridgehead atoms. The van der Waals surface area contributed by atoms with Gasteiger partial charge < -0.3 is 18.6 Å². The molecular weight excluding hydrogens is 448 g/mol. The van der Waals surface area contributed by atoms with Gasteiger partial charge in [0.05, 0.1) is 19.9 Å². The number of benzene rings is 3. The van der Waals surface area contributed by atoms with E-state index in [-0.39, 0.29) is 13.2 Å². The molecule has 35 heavy (non-hydrogen) atoms. The van der Waals surface area contributed by atoms with Gasteiger partial charge in [-0.25, -0.2) is 10.2 Å². The Hall–Kier alpha value is -4.59. The van der Waals surface area contributed by atoms with Crippen molar-refractivity contribution in [2.24, 2.45) is 5.10 Å². The molecule has 0 spiro atoms. The molecular formula is C27H24N2O6. The van der Waals surface area contributed by atoms with Gasteiger partial charge in [-0.05, 0) is 37.3 Å². The third-order valence-electron chi connectivity index (χ3n) is 5.08. The van der Waals surface area contributed by atoms with Crippen LogP contribution in [0.2, 0.25) is 0 Å². The molecule has 8 heteroatoms. The van der Waals surface area contributed by atoms with Crippen molar-refractivity contribution in [3.63, 3.8) is 0 Å². The fourth-order valence-electron chi connectivity index (χ4n) is 3.49. The lowest BCUT2D eigenvalue weighted by Gasteiger charge is -2.06. The second-order valence-corrected chi connectivity index (χ2v) is 7.37. The van der Waals surface area contributed by atoms with Gasteiger partial charge in [0, 0.05) is 16.5 Å². The van der Waals surface area contributed by atoms with E-state index in [1.165, 1.54) is 6.21 Å². The van der Waals surface area contributed by atoms with Crippen molar-refractivity contribution in [2.45, 2.75) is 6.92 Å². The number of furan rings is 1. The zero-order valence-corrected chi connectivity index (χ0v) is 19.3. The predicted molar refractivity (Wildman–Crippen MR) is 132 cm³/mol. The van der Waals surface area contributed by atoms with Gasteiger partial charge in [-0.2, -0.15) is 5.10 Å². The summed E-state index contributed by atoms with van der Waals surface area (Å²) < 4.78 is 22.1.